The Morgan fingerprint density at radius 3 is 2.41 bits per heavy atom. The molecule has 0 aliphatic carbocycles. The van der Waals surface area contributed by atoms with Gasteiger partial charge in [-0.3, -0.25) is 19.3 Å². The van der Waals surface area contributed by atoms with Gasteiger partial charge < -0.3 is 35.2 Å². The largest absolute Gasteiger partial charge is 0.394 e. The maximum absolute atomic E-state index is 11.8. The first-order valence-corrected chi connectivity index (χ1v) is 9.57. The third-order valence-electron chi connectivity index (χ3n) is 4.74. The van der Waals surface area contributed by atoms with Gasteiger partial charge >= 0.3 is 0 Å². The summed E-state index contributed by atoms with van der Waals surface area (Å²) in [5.74, 6) is -0.823. The fraction of sp³-hybridized carbons (Fsp3) is 0.722. The Morgan fingerprint density at radius 2 is 1.76 bits per heavy atom. The number of nitrogens with zero attached hydrogens (tertiary/aromatic N) is 1. The van der Waals surface area contributed by atoms with Gasteiger partial charge in [-0.2, -0.15) is 0 Å². The molecule has 2 aliphatic heterocycles. The van der Waals surface area contributed by atoms with Crippen molar-refractivity contribution >= 4 is 17.7 Å². The normalized spacial score (nSPS) is 29.5. The highest BCUT2D eigenvalue weighted by Crippen LogP contribution is 2.21. The number of carbonyl (C=O) groups excluding carboxylic acids is 3. The summed E-state index contributed by atoms with van der Waals surface area (Å²) in [4.78, 5) is 35.7. The van der Waals surface area contributed by atoms with Crippen molar-refractivity contribution in [2.24, 2.45) is 0 Å². The molecule has 2 heterocycles. The molecule has 0 aromatic carbocycles. The third-order valence-corrected chi connectivity index (χ3v) is 4.74. The summed E-state index contributed by atoms with van der Waals surface area (Å²) in [7, 11) is 0. The van der Waals surface area contributed by atoms with E-state index in [1.54, 1.807) is 0 Å². The average Bonchev–Trinajstić information content (AvgIpc) is 3.02. The second-order valence-corrected chi connectivity index (χ2v) is 6.89. The van der Waals surface area contributed by atoms with Gasteiger partial charge in [-0.1, -0.05) is 6.42 Å². The summed E-state index contributed by atoms with van der Waals surface area (Å²) in [6.45, 7) is -0.0612. The molecule has 11 nitrogen and oxygen atoms in total. The third kappa shape index (κ3) is 6.56. The van der Waals surface area contributed by atoms with Gasteiger partial charge in [-0.15, -0.1) is 0 Å². The van der Waals surface area contributed by atoms with Crippen LogP contribution in [0, 0.1) is 0 Å². The second kappa shape index (κ2) is 11.3. The molecule has 0 aromatic rings. The number of hydrogen-bond donors (Lipinski definition) is 5. The molecular formula is C18H28N2O9. The zero-order valence-corrected chi connectivity index (χ0v) is 16.0. The van der Waals surface area contributed by atoms with Crippen LogP contribution in [0.5, 0.6) is 0 Å². The van der Waals surface area contributed by atoms with Crippen LogP contribution < -0.4 is 5.32 Å². The Balaban J connectivity index is 1.53. The SMILES string of the molecule is O=C(CCCCCN1C(=O)C=CC1=O)NCCO[C@@H]1O[C@H](CO)[C@H](O)[C@H](O)[C@H]1O. The molecule has 11 heteroatoms. The fourth-order valence-corrected chi connectivity index (χ4v) is 3.04. The maximum atomic E-state index is 11.8. The number of aliphatic hydroxyl groups excluding tert-OH is 4. The number of unbranched alkanes of at least 4 members (excludes halogenated alkanes) is 2. The monoisotopic (exact) mass is 416 g/mol. The molecule has 0 saturated carbocycles. The van der Waals surface area contributed by atoms with E-state index in [1.165, 1.54) is 12.2 Å². The molecule has 5 N–H and O–H groups in total. The van der Waals surface area contributed by atoms with Crippen molar-refractivity contribution in [2.45, 2.75) is 56.4 Å². The quantitative estimate of drug-likeness (QED) is 0.179. The molecule has 3 amide bonds. The number of aliphatic hydroxyl groups is 4. The lowest BCUT2D eigenvalue weighted by atomic mass is 9.99. The molecule has 164 valence electrons. The first-order chi connectivity index (χ1) is 13.8. The van der Waals surface area contributed by atoms with Crippen LogP contribution in [0.15, 0.2) is 12.2 Å². The summed E-state index contributed by atoms with van der Waals surface area (Å²) in [5.41, 5.74) is 0. The number of carbonyl (C=O) groups is 3. The Labute approximate surface area is 167 Å². The number of hydrogen-bond acceptors (Lipinski definition) is 9. The van der Waals surface area contributed by atoms with Gasteiger partial charge in [-0.25, -0.2) is 0 Å². The van der Waals surface area contributed by atoms with E-state index in [1.807, 2.05) is 0 Å². The molecule has 2 rings (SSSR count). The average molecular weight is 416 g/mol. The van der Waals surface area contributed by atoms with E-state index in [0.29, 0.717) is 25.8 Å². The number of imide groups is 1. The van der Waals surface area contributed by atoms with Crippen LogP contribution in [0.2, 0.25) is 0 Å². The minimum absolute atomic E-state index is 0.000609. The molecule has 0 bridgehead atoms. The first-order valence-electron chi connectivity index (χ1n) is 9.57. The Hall–Kier alpha value is -1.89. The highest BCUT2D eigenvalue weighted by Gasteiger charge is 2.43. The van der Waals surface area contributed by atoms with E-state index in [9.17, 15) is 29.7 Å². The van der Waals surface area contributed by atoms with Crippen LogP contribution in [0.1, 0.15) is 25.7 Å². The fourth-order valence-electron chi connectivity index (χ4n) is 3.04. The van der Waals surface area contributed by atoms with Gasteiger partial charge in [0.2, 0.25) is 5.91 Å². The predicted octanol–water partition coefficient (Wildman–Crippen LogP) is -2.60. The van der Waals surface area contributed by atoms with Gasteiger partial charge in [0.05, 0.1) is 13.2 Å². The lowest BCUT2D eigenvalue weighted by Gasteiger charge is -2.39. The first kappa shape index (κ1) is 23.4. The standard InChI is InChI=1S/C18H28N2O9/c21-10-11-15(25)16(26)17(27)18(29-11)28-9-7-19-12(22)4-2-1-3-8-20-13(23)5-6-14(20)24/h5-6,11,15-18,21,25-27H,1-4,7-10H2,(H,19,22)/t11-,15+,16+,17-,18-/m1/s1. The summed E-state index contributed by atoms with van der Waals surface area (Å²) in [6.07, 6.45) is -2.06. The molecule has 29 heavy (non-hydrogen) atoms. The molecule has 1 fully saturated rings. The van der Waals surface area contributed by atoms with Crippen LogP contribution in [0.25, 0.3) is 0 Å². The minimum atomic E-state index is -1.51. The van der Waals surface area contributed by atoms with E-state index in [-0.39, 0.29) is 37.3 Å². The number of nitrogens with one attached hydrogen (secondary N) is 1. The van der Waals surface area contributed by atoms with Crippen molar-refractivity contribution in [3.05, 3.63) is 12.2 Å². The van der Waals surface area contributed by atoms with Crippen molar-refractivity contribution < 1.29 is 44.3 Å². The highest BCUT2D eigenvalue weighted by molar-refractivity contribution is 6.12. The Morgan fingerprint density at radius 1 is 1.07 bits per heavy atom. The Kier molecular flexibility index (Phi) is 9.14. The zero-order chi connectivity index (χ0) is 21.4. The highest BCUT2D eigenvalue weighted by atomic mass is 16.7. The van der Waals surface area contributed by atoms with Crippen LogP contribution in [0.4, 0.5) is 0 Å². The van der Waals surface area contributed by atoms with Crippen molar-refractivity contribution in [3.8, 4) is 0 Å². The summed E-state index contributed by atoms with van der Waals surface area (Å²) in [5, 5.41) is 40.9. The summed E-state index contributed by atoms with van der Waals surface area (Å²) >= 11 is 0. The van der Waals surface area contributed by atoms with Gasteiger partial charge in [0.15, 0.2) is 6.29 Å². The van der Waals surface area contributed by atoms with Crippen molar-refractivity contribution in [1.29, 1.82) is 0 Å². The van der Waals surface area contributed by atoms with Crippen molar-refractivity contribution in [2.75, 3.05) is 26.3 Å². The molecule has 0 spiro atoms. The van der Waals surface area contributed by atoms with E-state index >= 15 is 0 Å². The van der Waals surface area contributed by atoms with Crippen molar-refractivity contribution in [1.82, 2.24) is 10.2 Å². The van der Waals surface area contributed by atoms with E-state index in [4.69, 9.17) is 14.6 Å². The molecule has 0 radical (unpaired) electrons. The smallest absolute Gasteiger partial charge is 0.253 e. The molecule has 1 saturated heterocycles. The summed E-state index contributed by atoms with van der Waals surface area (Å²) < 4.78 is 10.5. The Bertz CT molecular complexity index is 592. The molecule has 2 aliphatic rings. The van der Waals surface area contributed by atoms with Gasteiger partial charge in [0.1, 0.15) is 24.4 Å². The van der Waals surface area contributed by atoms with Crippen molar-refractivity contribution in [3.63, 3.8) is 0 Å². The predicted molar refractivity (Wildman–Crippen MR) is 97.1 cm³/mol. The lowest BCUT2D eigenvalue weighted by Crippen LogP contribution is -2.59. The summed E-state index contributed by atoms with van der Waals surface area (Å²) in [6, 6.07) is 0. The van der Waals surface area contributed by atoms with E-state index in [0.717, 1.165) is 4.90 Å². The van der Waals surface area contributed by atoms with Crippen LogP contribution >= 0.6 is 0 Å². The molecule has 0 aromatic heterocycles. The van der Waals surface area contributed by atoms with E-state index < -0.39 is 37.3 Å². The number of rotatable bonds is 11. The molecular weight excluding hydrogens is 388 g/mol. The topological polar surface area (TPSA) is 166 Å². The second-order valence-electron chi connectivity index (χ2n) is 6.89. The van der Waals surface area contributed by atoms with Gasteiger partial charge in [0.25, 0.3) is 11.8 Å². The maximum Gasteiger partial charge on any atom is 0.253 e. The van der Waals surface area contributed by atoms with Crippen LogP contribution in [0.3, 0.4) is 0 Å². The zero-order valence-electron chi connectivity index (χ0n) is 16.0. The van der Waals surface area contributed by atoms with E-state index in [2.05, 4.69) is 5.32 Å². The lowest BCUT2D eigenvalue weighted by molar-refractivity contribution is -0.300. The van der Waals surface area contributed by atoms with Crippen LogP contribution in [-0.4, -0.2) is 100 Å². The van der Waals surface area contributed by atoms with Crippen LogP contribution in [-0.2, 0) is 23.9 Å². The molecule has 5 atom stereocenters. The number of ether oxygens (including phenoxy) is 2. The molecule has 0 unspecified atom stereocenters. The van der Waals surface area contributed by atoms with Gasteiger partial charge in [-0.05, 0) is 12.8 Å². The minimum Gasteiger partial charge on any atom is -0.394 e. The number of amides is 3. The van der Waals surface area contributed by atoms with Gasteiger partial charge in [0, 0.05) is 31.7 Å².